The molecule has 0 fully saturated rings. The molecule has 0 saturated carbocycles. The number of hydrogen-bond acceptors (Lipinski definition) is 5. The second-order valence-electron chi connectivity index (χ2n) is 4.63. The first kappa shape index (κ1) is 15.3. The zero-order valence-corrected chi connectivity index (χ0v) is 12.8. The average Bonchev–Trinajstić information content (AvgIpc) is 2.82. The van der Waals surface area contributed by atoms with Crippen LogP contribution in [0.1, 0.15) is 13.8 Å². The number of para-hydroxylation sites is 2. The lowest BCUT2D eigenvalue weighted by Crippen LogP contribution is -2.21. The Labute approximate surface area is 127 Å². The molecule has 0 unspecified atom stereocenters. The van der Waals surface area contributed by atoms with Crippen LogP contribution in [0.2, 0.25) is 0 Å². The van der Waals surface area contributed by atoms with E-state index in [1.165, 1.54) is 18.7 Å². The number of nitriles is 1. The van der Waals surface area contributed by atoms with Gasteiger partial charge in [-0.25, -0.2) is 4.98 Å². The largest absolute Gasteiger partial charge is 0.319 e. The number of benzene rings is 1. The van der Waals surface area contributed by atoms with Crippen LogP contribution >= 0.6 is 11.8 Å². The van der Waals surface area contributed by atoms with Crippen molar-refractivity contribution in [1.82, 2.24) is 9.55 Å². The third-order valence-corrected chi connectivity index (χ3v) is 4.16. The summed E-state index contributed by atoms with van der Waals surface area (Å²) >= 11 is 1.32. The van der Waals surface area contributed by atoms with Crippen molar-refractivity contribution in [3.8, 4) is 6.07 Å². The van der Waals surface area contributed by atoms with E-state index < -0.39 is 5.92 Å². The lowest BCUT2D eigenvalue weighted by atomic mass is 10.0. The second-order valence-corrected chi connectivity index (χ2v) is 5.57. The Morgan fingerprint density at radius 2 is 2.24 bits per heavy atom. The van der Waals surface area contributed by atoms with Crippen LogP contribution in [0.25, 0.3) is 11.0 Å². The summed E-state index contributed by atoms with van der Waals surface area (Å²) in [4.78, 5) is 16.5. The number of rotatable bonds is 6. The first-order valence-corrected chi connectivity index (χ1v) is 7.62. The van der Waals surface area contributed by atoms with E-state index in [1.807, 2.05) is 41.8 Å². The lowest BCUT2D eigenvalue weighted by Gasteiger charge is -2.07. The molecule has 1 N–H and O–H groups in total. The number of nitrogens with one attached hydrogen (secondary N) is 1. The molecule has 108 valence electrons. The van der Waals surface area contributed by atoms with Crippen LogP contribution in [-0.2, 0) is 11.3 Å². The summed E-state index contributed by atoms with van der Waals surface area (Å²) in [5.74, 6) is -1.04. The van der Waals surface area contributed by atoms with Crippen LogP contribution in [0.5, 0.6) is 0 Å². The summed E-state index contributed by atoms with van der Waals surface area (Å²) in [5, 5.41) is 17.2. The number of aromatic nitrogens is 2. The van der Waals surface area contributed by atoms with Crippen LogP contribution in [-0.4, -0.2) is 26.8 Å². The highest BCUT2D eigenvalue weighted by Gasteiger charge is 2.21. The number of Topliss-reactive ketones (excluding diaryl/α,β-unsaturated/α-hetero) is 1. The van der Waals surface area contributed by atoms with Gasteiger partial charge in [0.15, 0.2) is 10.9 Å². The number of fused-ring (bicyclic) bond motifs is 1. The highest BCUT2D eigenvalue weighted by atomic mass is 32.2. The third-order valence-electron chi connectivity index (χ3n) is 3.16. The summed E-state index contributed by atoms with van der Waals surface area (Å²) in [6, 6.07) is 9.70. The van der Waals surface area contributed by atoms with Crippen LogP contribution in [0.15, 0.2) is 29.4 Å². The van der Waals surface area contributed by atoms with Gasteiger partial charge in [0, 0.05) is 12.3 Å². The fourth-order valence-corrected chi connectivity index (χ4v) is 3.08. The fraction of sp³-hybridized carbons (Fsp3) is 0.333. The van der Waals surface area contributed by atoms with Crippen molar-refractivity contribution in [3.63, 3.8) is 0 Å². The van der Waals surface area contributed by atoms with Gasteiger partial charge in [-0.05, 0) is 26.0 Å². The first-order chi connectivity index (χ1) is 10.1. The maximum absolute atomic E-state index is 12.0. The number of carbonyl (C=O) groups is 1. The van der Waals surface area contributed by atoms with Gasteiger partial charge in [0.25, 0.3) is 0 Å². The Morgan fingerprint density at radius 1 is 1.52 bits per heavy atom. The minimum atomic E-state index is -0.947. The molecule has 0 amide bonds. The van der Waals surface area contributed by atoms with E-state index in [9.17, 15) is 4.79 Å². The fourth-order valence-electron chi connectivity index (χ4n) is 2.10. The molecule has 0 aliphatic rings. The number of imidazole rings is 1. The molecule has 0 spiro atoms. The minimum Gasteiger partial charge on any atom is -0.319 e. The Hall–Kier alpha value is -2.13. The number of aryl methyl sites for hydroxylation is 1. The van der Waals surface area contributed by atoms with Crippen molar-refractivity contribution in [3.05, 3.63) is 24.3 Å². The standard InChI is InChI=1S/C15H16N4OS/c1-3-19-13-7-5-4-6-12(13)18-15(19)21-9-14(20)11(8-16)10(2)17/h4-7,11,17H,3,9H2,1-2H3/t11-/m0/s1. The van der Waals surface area contributed by atoms with Crippen molar-refractivity contribution in [2.75, 3.05) is 5.75 Å². The number of thioether (sulfide) groups is 1. The van der Waals surface area contributed by atoms with E-state index in [0.717, 1.165) is 22.7 Å². The molecular formula is C15H16N4OS. The molecule has 2 rings (SSSR count). The Morgan fingerprint density at radius 3 is 2.86 bits per heavy atom. The normalized spacial score (nSPS) is 12.0. The van der Waals surface area contributed by atoms with E-state index in [1.54, 1.807) is 0 Å². The third kappa shape index (κ3) is 3.14. The molecule has 1 atom stereocenters. The molecule has 0 aliphatic heterocycles. The summed E-state index contributed by atoms with van der Waals surface area (Å²) < 4.78 is 2.05. The molecule has 1 aromatic carbocycles. The molecule has 5 nitrogen and oxygen atoms in total. The van der Waals surface area contributed by atoms with Gasteiger partial charge in [-0.2, -0.15) is 5.26 Å². The van der Waals surface area contributed by atoms with E-state index in [-0.39, 0.29) is 17.2 Å². The van der Waals surface area contributed by atoms with Crippen molar-refractivity contribution >= 4 is 34.3 Å². The molecule has 0 aliphatic carbocycles. The molecule has 1 aromatic heterocycles. The average molecular weight is 300 g/mol. The van der Waals surface area contributed by atoms with Crippen molar-refractivity contribution in [2.45, 2.75) is 25.5 Å². The zero-order chi connectivity index (χ0) is 15.4. The van der Waals surface area contributed by atoms with Gasteiger partial charge in [0.1, 0.15) is 5.92 Å². The second kappa shape index (κ2) is 6.55. The van der Waals surface area contributed by atoms with Gasteiger partial charge >= 0.3 is 0 Å². The van der Waals surface area contributed by atoms with Crippen molar-refractivity contribution in [1.29, 1.82) is 10.7 Å². The maximum atomic E-state index is 12.0. The van der Waals surface area contributed by atoms with Crippen LogP contribution < -0.4 is 0 Å². The van der Waals surface area contributed by atoms with Gasteiger partial charge < -0.3 is 9.98 Å². The smallest absolute Gasteiger partial charge is 0.169 e. The van der Waals surface area contributed by atoms with Gasteiger partial charge in [0.2, 0.25) is 0 Å². The van der Waals surface area contributed by atoms with Gasteiger partial charge in [0.05, 0.1) is 22.9 Å². The summed E-state index contributed by atoms with van der Waals surface area (Å²) in [7, 11) is 0. The van der Waals surface area contributed by atoms with Crippen molar-refractivity contribution < 1.29 is 4.79 Å². The molecule has 0 radical (unpaired) electrons. The van der Waals surface area contributed by atoms with Crippen LogP contribution in [0.3, 0.4) is 0 Å². The summed E-state index contributed by atoms with van der Waals surface area (Å²) in [5.41, 5.74) is 2.02. The number of hydrogen-bond donors (Lipinski definition) is 1. The van der Waals surface area contributed by atoms with Crippen molar-refractivity contribution in [2.24, 2.45) is 5.92 Å². The predicted molar refractivity (Wildman–Crippen MR) is 83.6 cm³/mol. The Kier molecular flexibility index (Phi) is 4.76. The molecular weight excluding hydrogens is 284 g/mol. The Bertz CT molecular complexity index is 729. The van der Waals surface area contributed by atoms with Crippen LogP contribution in [0.4, 0.5) is 0 Å². The van der Waals surface area contributed by atoms with Gasteiger partial charge in [-0.15, -0.1) is 0 Å². The first-order valence-electron chi connectivity index (χ1n) is 6.64. The summed E-state index contributed by atoms with van der Waals surface area (Å²) in [6.45, 7) is 4.28. The maximum Gasteiger partial charge on any atom is 0.169 e. The zero-order valence-electron chi connectivity index (χ0n) is 12.0. The minimum absolute atomic E-state index is 0.0899. The van der Waals surface area contributed by atoms with Gasteiger partial charge in [-0.1, -0.05) is 23.9 Å². The highest BCUT2D eigenvalue weighted by Crippen LogP contribution is 2.24. The van der Waals surface area contributed by atoms with Gasteiger partial charge in [-0.3, -0.25) is 4.79 Å². The van der Waals surface area contributed by atoms with E-state index in [4.69, 9.17) is 10.7 Å². The molecule has 6 heteroatoms. The van der Waals surface area contributed by atoms with Crippen LogP contribution in [0, 0.1) is 22.7 Å². The van der Waals surface area contributed by atoms with E-state index >= 15 is 0 Å². The molecule has 0 bridgehead atoms. The molecule has 21 heavy (non-hydrogen) atoms. The molecule has 0 saturated heterocycles. The number of nitrogens with zero attached hydrogens (tertiary/aromatic N) is 3. The van der Waals surface area contributed by atoms with E-state index in [2.05, 4.69) is 4.98 Å². The lowest BCUT2D eigenvalue weighted by molar-refractivity contribution is -0.117. The molecule has 2 aromatic rings. The Balaban J connectivity index is 2.19. The summed E-state index contributed by atoms with van der Waals surface area (Å²) in [6.07, 6.45) is 0. The molecule has 1 heterocycles. The number of carbonyl (C=O) groups excluding carboxylic acids is 1. The monoisotopic (exact) mass is 300 g/mol. The topological polar surface area (TPSA) is 82.5 Å². The quantitative estimate of drug-likeness (QED) is 0.657. The SMILES string of the molecule is CCn1c(SCC(=O)[C@@H](C#N)C(C)=N)nc2ccccc21. The highest BCUT2D eigenvalue weighted by molar-refractivity contribution is 7.99. The number of ketones is 1. The predicted octanol–water partition coefficient (Wildman–Crippen LogP) is 2.90. The van der Waals surface area contributed by atoms with E-state index in [0.29, 0.717) is 0 Å².